The maximum atomic E-state index is 9.37. The van der Waals surface area contributed by atoms with Crippen LogP contribution in [0.4, 0.5) is 0 Å². The summed E-state index contributed by atoms with van der Waals surface area (Å²) in [6.45, 7) is 8.40. The SMILES string of the molecule is CCC(=O)O.CCCCCCCCCCC(C)(C)SC(=S)S. The molecule has 22 heavy (non-hydrogen) atoms. The highest BCUT2D eigenvalue weighted by molar-refractivity contribution is 8.42. The zero-order valence-corrected chi connectivity index (χ0v) is 17.2. The molecule has 0 saturated heterocycles. The first kappa shape index (κ1) is 24.5. The summed E-state index contributed by atoms with van der Waals surface area (Å²) >= 11 is 11.0. The Hall–Kier alpha value is 0.260. The molecule has 0 radical (unpaired) electrons. The van der Waals surface area contributed by atoms with Gasteiger partial charge in [-0.05, 0) is 6.42 Å². The van der Waals surface area contributed by atoms with Gasteiger partial charge in [0, 0.05) is 11.2 Å². The van der Waals surface area contributed by atoms with Gasteiger partial charge < -0.3 is 5.11 Å². The van der Waals surface area contributed by atoms with E-state index in [4.69, 9.17) is 17.3 Å². The van der Waals surface area contributed by atoms with E-state index in [2.05, 4.69) is 33.4 Å². The third-order valence-corrected chi connectivity index (χ3v) is 4.75. The molecule has 0 aliphatic heterocycles. The van der Waals surface area contributed by atoms with E-state index >= 15 is 0 Å². The van der Waals surface area contributed by atoms with Crippen LogP contribution in [0, 0.1) is 0 Å². The lowest BCUT2D eigenvalue weighted by Gasteiger charge is -2.22. The maximum absolute atomic E-state index is 9.37. The van der Waals surface area contributed by atoms with Crippen LogP contribution in [0.3, 0.4) is 0 Å². The Kier molecular flexibility index (Phi) is 18.0. The van der Waals surface area contributed by atoms with Crippen molar-refractivity contribution in [2.75, 3.05) is 0 Å². The van der Waals surface area contributed by atoms with Crippen LogP contribution in [-0.2, 0) is 4.79 Å². The number of thiocarbonyl (C=S) groups is 1. The predicted octanol–water partition coefficient (Wildman–Crippen LogP) is 6.72. The summed E-state index contributed by atoms with van der Waals surface area (Å²) in [5.74, 6) is -0.745. The largest absolute Gasteiger partial charge is 0.481 e. The second-order valence-corrected chi connectivity index (χ2v) is 9.54. The number of hydrogen-bond donors (Lipinski definition) is 2. The van der Waals surface area contributed by atoms with E-state index < -0.39 is 5.97 Å². The van der Waals surface area contributed by atoms with Crippen LogP contribution in [0.15, 0.2) is 0 Å². The van der Waals surface area contributed by atoms with Crippen LogP contribution in [0.25, 0.3) is 0 Å². The normalized spacial score (nSPS) is 10.8. The van der Waals surface area contributed by atoms with E-state index in [9.17, 15) is 4.79 Å². The second-order valence-electron chi connectivity index (χ2n) is 6.10. The van der Waals surface area contributed by atoms with Crippen molar-refractivity contribution in [1.82, 2.24) is 0 Å². The van der Waals surface area contributed by atoms with Gasteiger partial charge in [0.2, 0.25) is 0 Å². The van der Waals surface area contributed by atoms with Crippen molar-refractivity contribution < 1.29 is 9.90 Å². The van der Waals surface area contributed by atoms with Gasteiger partial charge in [-0.15, -0.1) is 24.4 Å². The molecule has 0 aromatic carbocycles. The van der Waals surface area contributed by atoms with Gasteiger partial charge in [-0.2, -0.15) is 0 Å². The van der Waals surface area contributed by atoms with Crippen LogP contribution in [0.1, 0.15) is 91.9 Å². The summed E-state index contributed by atoms with van der Waals surface area (Å²) in [5.41, 5.74) is 0. The number of rotatable bonds is 11. The summed E-state index contributed by atoms with van der Waals surface area (Å²) in [6.07, 6.45) is 12.6. The molecule has 0 aromatic rings. The maximum Gasteiger partial charge on any atom is 0.303 e. The lowest BCUT2D eigenvalue weighted by atomic mass is 10.0. The molecular weight excluding hydrogens is 332 g/mol. The van der Waals surface area contributed by atoms with Crippen molar-refractivity contribution in [3.63, 3.8) is 0 Å². The fourth-order valence-electron chi connectivity index (χ4n) is 1.97. The zero-order chi connectivity index (χ0) is 17.4. The fourth-order valence-corrected chi connectivity index (χ4v) is 4.11. The zero-order valence-electron chi connectivity index (χ0n) is 14.7. The molecule has 0 unspecified atom stereocenters. The third-order valence-electron chi connectivity index (χ3n) is 3.30. The number of thioether (sulfide) groups is 1. The molecule has 0 rings (SSSR count). The highest BCUT2D eigenvalue weighted by Crippen LogP contribution is 2.32. The molecule has 5 heteroatoms. The first-order valence-corrected chi connectivity index (χ1v) is 10.1. The van der Waals surface area contributed by atoms with Crippen LogP contribution in [-0.4, -0.2) is 19.4 Å². The molecule has 132 valence electrons. The van der Waals surface area contributed by atoms with Gasteiger partial charge in [0.15, 0.2) is 0 Å². The molecule has 0 aliphatic carbocycles. The van der Waals surface area contributed by atoms with E-state index in [0.29, 0.717) is 0 Å². The van der Waals surface area contributed by atoms with E-state index in [1.165, 1.54) is 57.8 Å². The number of hydrogen-bond acceptors (Lipinski definition) is 3. The monoisotopic (exact) mass is 366 g/mol. The summed E-state index contributed by atoms with van der Waals surface area (Å²) in [6, 6.07) is 0. The van der Waals surface area contributed by atoms with Crippen molar-refractivity contribution in [3.05, 3.63) is 0 Å². The van der Waals surface area contributed by atoms with Gasteiger partial charge in [0.1, 0.15) is 3.53 Å². The van der Waals surface area contributed by atoms with E-state index in [1.54, 1.807) is 18.7 Å². The molecule has 0 fully saturated rings. The Morgan fingerprint density at radius 1 is 1.05 bits per heavy atom. The highest BCUT2D eigenvalue weighted by Gasteiger charge is 2.18. The van der Waals surface area contributed by atoms with E-state index in [-0.39, 0.29) is 11.2 Å². The minimum Gasteiger partial charge on any atom is -0.481 e. The van der Waals surface area contributed by atoms with Gasteiger partial charge in [-0.1, -0.05) is 91.3 Å². The molecule has 0 saturated carbocycles. The van der Waals surface area contributed by atoms with Gasteiger partial charge in [-0.25, -0.2) is 0 Å². The molecule has 2 nitrogen and oxygen atoms in total. The lowest BCUT2D eigenvalue weighted by Crippen LogP contribution is -2.15. The first-order valence-electron chi connectivity index (χ1n) is 8.39. The highest BCUT2D eigenvalue weighted by atomic mass is 32.2. The Morgan fingerprint density at radius 2 is 1.45 bits per heavy atom. The van der Waals surface area contributed by atoms with Crippen LogP contribution < -0.4 is 0 Å². The van der Waals surface area contributed by atoms with Crippen molar-refractivity contribution in [1.29, 1.82) is 0 Å². The number of thiol groups is 1. The minimum atomic E-state index is -0.745. The van der Waals surface area contributed by atoms with Crippen molar-refractivity contribution >= 4 is 46.1 Å². The van der Waals surface area contributed by atoms with Gasteiger partial charge >= 0.3 is 5.97 Å². The Balaban J connectivity index is 0. The van der Waals surface area contributed by atoms with Crippen molar-refractivity contribution in [3.8, 4) is 0 Å². The molecule has 0 atom stereocenters. The van der Waals surface area contributed by atoms with Crippen molar-refractivity contribution in [2.45, 2.75) is 96.7 Å². The average Bonchev–Trinajstić information content (AvgIpc) is 2.41. The van der Waals surface area contributed by atoms with E-state index in [1.807, 2.05) is 0 Å². The van der Waals surface area contributed by atoms with Crippen LogP contribution >= 0.6 is 36.6 Å². The standard InChI is InChI=1S/C14H28S3.C3H6O2/c1-4-5-6-7-8-9-10-11-12-14(2,3)17-13(15)16;1-2-3(4)5/h4-12H2,1-3H3,(H,15,16);2H2,1H3,(H,4,5). The fraction of sp³-hybridized carbons (Fsp3) is 0.882. The summed E-state index contributed by atoms with van der Waals surface area (Å²) < 4.78 is 1.04. The number of aliphatic carboxylic acids is 1. The third kappa shape index (κ3) is 22.5. The molecule has 0 aliphatic rings. The van der Waals surface area contributed by atoms with Gasteiger partial charge in [0.25, 0.3) is 0 Å². The minimum absolute atomic E-state index is 0.222. The van der Waals surface area contributed by atoms with Gasteiger partial charge in [-0.3, -0.25) is 4.79 Å². The predicted molar refractivity (Wildman–Crippen MR) is 108 cm³/mol. The molecular formula is C17H34O2S3. The van der Waals surface area contributed by atoms with E-state index in [0.717, 1.165) is 3.53 Å². The molecule has 0 spiro atoms. The van der Waals surface area contributed by atoms with Crippen LogP contribution in [0.5, 0.6) is 0 Å². The Morgan fingerprint density at radius 3 is 1.82 bits per heavy atom. The molecule has 0 amide bonds. The number of carboxylic acid groups (broad SMARTS) is 1. The molecule has 0 aromatic heterocycles. The van der Waals surface area contributed by atoms with Gasteiger partial charge in [0.05, 0.1) is 0 Å². The Labute approximate surface area is 152 Å². The second kappa shape index (κ2) is 16.1. The topological polar surface area (TPSA) is 37.3 Å². The average molecular weight is 367 g/mol. The summed E-state index contributed by atoms with van der Waals surface area (Å²) in [5, 5.41) is 7.72. The summed E-state index contributed by atoms with van der Waals surface area (Å²) in [7, 11) is 0. The first-order chi connectivity index (χ1) is 10.2. The number of carbonyl (C=O) groups is 1. The lowest BCUT2D eigenvalue weighted by molar-refractivity contribution is -0.136. The molecule has 0 bridgehead atoms. The Bertz CT molecular complexity index is 292. The molecule has 0 heterocycles. The molecule has 1 N–H and O–H groups in total. The van der Waals surface area contributed by atoms with Crippen molar-refractivity contribution in [2.24, 2.45) is 0 Å². The van der Waals surface area contributed by atoms with Crippen LogP contribution in [0.2, 0.25) is 0 Å². The number of unbranched alkanes of at least 4 members (excludes halogenated alkanes) is 7. The quantitative estimate of drug-likeness (QED) is 0.242. The smallest absolute Gasteiger partial charge is 0.303 e. The summed E-state index contributed by atoms with van der Waals surface area (Å²) in [4.78, 5) is 9.37. The number of carboxylic acids is 1.